The van der Waals surface area contributed by atoms with Crippen LogP contribution in [0.5, 0.6) is 0 Å². The molecule has 0 aliphatic rings. The highest BCUT2D eigenvalue weighted by atomic mass is 16.2. The quantitative estimate of drug-likeness (QED) is 0.639. The van der Waals surface area contributed by atoms with E-state index in [9.17, 15) is 14.4 Å². The van der Waals surface area contributed by atoms with Crippen LogP contribution in [0.4, 0.5) is 10.5 Å². The highest BCUT2D eigenvalue weighted by Crippen LogP contribution is 2.15. The fourth-order valence-corrected chi connectivity index (χ4v) is 2.17. The molecule has 0 bridgehead atoms. The number of rotatable bonds is 6. The van der Waals surface area contributed by atoms with Crippen molar-refractivity contribution in [2.75, 3.05) is 18.9 Å². The Labute approximate surface area is 145 Å². The van der Waals surface area contributed by atoms with Crippen LogP contribution in [0, 0.1) is 0 Å². The highest BCUT2D eigenvalue weighted by Gasteiger charge is 2.21. The molecule has 0 aliphatic carbocycles. The Morgan fingerprint density at radius 3 is 2.12 bits per heavy atom. The number of amides is 4. The van der Waals surface area contributed by atoms with E-state index in [0.29, 0.717) is 11.3 Å². The van der Waals surface area contributed by atoms with E-state index in [1.807, 2.05) is 36.4 Å². The number of hydrogen-bond acceptors (Lipinski definition) is 4. The van der Waals surface area contributed by atoms with E-state index in [2.05, 4.69) is 21.3 Å². The summed E-state index contributed by atoms with van der Waals surface area (Å²) in [7, 11) is 1.41. The second kappa shape index (κ2) is 9.19. The largest absolute Gasteiger partial charge is 0.341 e. The van der Waals surface area contributed by atoms with Crippen LogP contribution in [-0.2, 0) is 9.59 Å². The molecule has 25 heavy (non-hydrogen) atoms. The lowest BCUT2D eigenvalue weighted by molar-refractivity contribution is -0.120. The summed E-state index contributed by atoms with van der Waals surface area (Å²) in [4.78, 5) is 35.5. The molecule has 7 nitrogen and oxygen atoms in total. The SMILES string of the molecule is CNC(=O)NC(=O)CNC(C(=O)Nc1ccccc1)c1ccccc1. The Kier molecular flexibility index (Phi) is 6.67. The molecule has 0 radical (unpaired) electrons. The summed E-state index contributed by atoms with van der Waals surface area (Å²) in [6.45, 7) is -0.185. The lowest BCUT2D eigenvalue weighted by Crippen LogP contribution is -2.44. The number of carbonyl (C=O) groups excluding carboxylic acids is 3. The average molecular weight is 340 g/mol. The fraction of sp³-hybridized carbons (Fsp3) is 0.167. The molecule has 0 fully saturated rings. The molecule has 1 unspecified atom stereocenters. The molecule has 4 amide bonds. The van der Waals surface area contributed by atoms with Gasteiger partial charge in [-0.15, -0.1) is 0 Å². The van der Waals surface area contributed by atoms with Crippen LogP contribution in [-0.4, -0.2) is 31.4 Å². The van der Waals surface area contributed by atoms with Crippen LogP contribution in [0.15, 0.2) is 60.7 Å². The van der Waals surface area contributed by atoms with Gasteiger partial charge in [-0.25, -0.2) is 4.79 Å². The van der Waals surface area contributed by atoms with Gasteiger partial charge in [-0.1, -0.05) is 48.5 Å². The van der Waals surface area contributed by atoms with Crippen molar-refractivity contribution in [3.8, 4) is 0 Å². The Morgan fingerprint density at radius 2 is 1.52 bits per heavy atom. The van der Waals surface area contributed by atoms with E-state index >= 15 is 0 Å². The lowest BCUT2D eigenvalue weighted by Gasteiger charge is -2.18. The zero-order chi connectivity index (χ0) is 18.1. The molecule has 4 N–H and O–H groups in total. The highest BCUT2D eigenvalue weighted by molar-refractivity contribution is 5.97. The molecular weight excluding hydrogens is 320 g/mol. The van der Waals surface area contributed by atoms with Crippen molar-refractivity contribution in [2.24, 2.45) is 0 Å². The number of para-hydroxylation sites is 1. The van der Waals surface area contributed by atoms with Crippen molar-refractivity contribution in [1.82, 2.24) is 16.0 Å². The molecule has 0 saturated heterocycles. The molecule has 2 aromatic carbocycles. The van der Waals surface area contributed by atoms with E-state index < -0.39 is 18.0 Å². The van der Waals surface area contributed by atoms with Crippen molar-refractivity contribution in [2.45, 2.75) is 6.04 Å². The molecule has 0 aromatic heterocycles. The molecule has 1 atom stereocenters. The maximum absolute atomic E-state index is 12.6. The summed E-state index contributed by atoms with van der Waals surface area (Å²) in [6, 6.07) is 16.7. The van der Waals surface area contributed by atoms with Gasteiger partial charge >= 0.3 is 6.03 Å². The van der Waals surface area contributed by atoms with Gasteiger partial charge in [0.2, 0.25) is 11.8 Å². The summed E-state index contributed by atoms with van der Waals surface area (Å²) in [6.07, 6.45) is 0. The normalized spacial score (nSPS) is 11.2. The third kappa shape index (κ3) is 5.74. The fourth-order valence-electron chi connectivity index (χ4n) is 2.17. The van der Waals surface area contributed by atoms with E-state index in [-0.39, 0.29) is 12.5 Å². The second-order valence-corrected chi connectivity index (χ2v) is 5.21. The Morgan fingerprint density at radius 1 is 0.920 bits per heavy atom. The van der Waals surface area contributed by atoms with Gasteiger partial charge in [0.05, 0.1) is 6.54 Å². The van der Waals surface area contributed by atoms with Gasteiger partial charge in [0.15, 0.2) is 0 Å². The first-order valence-electron chi connectivity index (χ1n) is 7.76. The predicted molar refractivity (Wildman–Crippen MR) is 94.9 cm³/mol. The monoisotopic (exact) mass is 340 g/mol. The number of anilines is 1. The van der Waals surface area contributed by atoms with Crippen LogP contribution in [0.2, 0.25) is 0 Å². The summed E-state index contributed by atoms with van der Waals surface area (Å²) in [5.74, 6) is -0.835. The van der Waals surface area contributed by atoms with Gasteiger partial charge in [0.1, 0.15) is 6.04 Å². The van der Waals surface area contributed by atoms with E-state index in [1.54, 1.807) is 24.3 Å². The Bertz CT molecular complexity index is 720. The third-order valence-corrected chi connectivity index (χ3v) is 3.38. The number of benzene rings is 2. The van der Waals surface area contributed by atoms with Crippen molar-refractivity contribution in [3.05, 3.63) is 66.2 Å². The van der Waals surface area contributed by atoms with Gasteiger partial charge in [-0.05, 0) is 17.7 Å². The van der Waals surface area contributed by atoms with Crippen LogP contribution >= 0.6 is 0 Å². The van der Waals surface area contributed by atoms with Gasteiger partial charge in [-0.2, -0.15) is 0 Å². The molecule has 0 heterocycles. The van der Waals surface area contributed by atoms with Gasteiger partial charge in [-0.3, -0.25) is 20.2 Å². The van der Waals surface area contributed by atoms with E-state index in [0.717, 1.165) is 0 Å². The zero-order valence-electron chi connectivity index (χ0n) is 13.8. The molecule has 0 aliphatic heterocycles. The molecule has 7 heteroatoms. The lowest BCUT2D eigenvalue weighted by atomic mass is 10.1. The molecule has 0 spiro atoms. The number of nitrogens with one attached hydrogen (secondary N) is 4. The van der Waals surface area contributed by atoms with Crippen molar-refractivity contribution < 1.29 is 14.4 Å². The minimum Gasteiger partial charge on any atom is -0.341 e. The van der Waals surface area contributed by atoms with E-state index in [1.165, 1.54) is 7.05 Å². The number of carbonyl (C=O) groups is 3. The Hall–Kier alpha value is -3.19. The molecule has 130 valence electrons. The maximum atomic E-state index is 12.6. The van der Waals surface area contributed by atoms with Gasteiger partial charge in [0, 0.05) is 12.7 Å². The van der Waals surface area contributed by atoms with Gasteiger partial charge < -0.3 is 10.6 Å². The van der Waals surface area contributed by atoms with Crippen LogP contribution in [0.3, 0.4) is 0 Å². The second-order valence-electron chi connectivity index (χ2n) is 5.21. The first kappa shape index (κ1) is 18.2. The smallest absolute Gasteiger partial charge is 0.321 e. The third-order valence-electron chi connectivity index (χ3n) is 3.38. The topological polar surface area (TPSA) is 99.3 Å². The zero-order valence-corrected chi connectivity index (χ0v) is 13.8. The molecular formula is C18H20N4O3. The minimum atomic E-state index is -0.739. The summed E-state index contributed by atoms with van der Waals surface area (Å²) in [5, 5.41) is 10.1. The average Bonchev–Trinajstić information content (AvgIpc) is 2.63. The van der Waals surface area contributed by atoms with Crippen molar-refractivity contribution >= 4 is 23.5 Å². The predicted octanol–water partition coefficient (Wildman–Crippen LogP) is 1.41. The maximum Gasteiger partial charge on any atom is 0.321 e. The molecule has 2 rings (SSSR count). The standard InChI is InChI=1S/C18H20N4O3/c1-19-18(25)22-15(23)12-20-16(13-8-4-2-5-9-13)17(24)21-14-10-6-3-7-11-14/h2-11,16,20H,12H2,1H3,(H,21,24)(H2,19,22,23,25). The summed E-state index contributed by atoms with van der Waals surface area (Å²) < 4.78 is 0. The summed E-state index contributed by atoms with van der Waals surface area (Å²) in [5.41, 5.74) is 1.37. The first-order valence-corrected chi connectivity index (χ1v) is 7.76. The molecule has 0 saturated carbocycles. The number of hydrogen-bond donors (Lipinski definition) is 4. The van der Waals surface area contributed by atoms with Crippen LogP contribution < -0.4 is 21.3 Å². The molecule has 2 aromatic rings. The van der Waals surface area contributed by atoms with Crippen molar-refractivity contribution in [1.29, 1.82) is 0 Å². The van der Waals surface area contributed by atoms with Crippen molar-refractivity contribution in [3.63, 3.8) is 0 Å². The number of imide groups is 1. The van der Waals surface area contributed by atoms with Crippen LogP contribution in [0.25, 0.3) is 0 Å². The van der Waals surface area contributed by atoms with E-state index in [4.69, 9.17) is 0 Å². The Balaban J connectivity index is 2.07. The van der Waals surface area contributed by atoms with Gasteiger partial charge in [0.25, 0.3) is 0 Å². The number of urea groups is 1. The summed E-state index contributed by atoms with van der Waals surface area (Å²) >= 11 is 0. The first-order chi connectivity index (χ1) is 12.1. The van der Waals surface area contributed by atoms with Crippen LogP contribution in [0.1, 0.15) is 11.6 Å². The minimum absolute atomic E-state index is 0.185.